The highest BCUT2D eigenvalue weighted by Gasteiger charge is 2.40. The van der Waals surface area contributed by atoms with Gasteiger partial charge in [0.15, 0.2) is 0 Å². The van der Waals surface area contributed by atoms with Gasteiger partial charge in [-0.05, 0) is 56.5 Å². The molecule has 0 spiro atoms. The molecule has 2 aromatic carbocycles. The van der Waals surface area contributed by atoms with Crippen molar-refractivity contribution in [1.82, 2.24) is 15.3 Å². The Morgan fingerprint density at radius 1 is 1.16 bits per heavy atom. The summed E-state index contributed by atoms with van der Waals surface area (Å²) in [7, 11) is 0. The minimum absolute atomic E-state index is 0.0132. The van der Waals surface area contributed by atoms with Crippen molar-refractivity contribution < 1.29 is 14.3 Å². The molecule has 0 saturated carbocycles. The molecule has 4 rings (SSSR count). The highest BCUT2D eigenvalue weighted by atomic mass is 16.5. The molecule has 7 nitrogen and oxygen atoms in total. The first-order chi connectivity index (χ1) is 14.9. The molecule has 2 atom stereocenters. The molecule has 162 valence electrons. The summed E-state index contributed by atoms with van der Waals surface area (Å²) in [5, 5.41) is 4.74. The lowest BCUT2D eigenvalue weighted by molar-refractivity contribution is -0.137. The van der Waals surface area contributed by atoms with E-state index in [0.717, 1.165) is 28.1 Å². The standard InChI is InChI=1S/C24H28N4O3/c1-4-31-19-8-6-18(7-9-19)21-14-22-24(30)27(11-12-28(22)26-21)15-23(29)25-20-10-5-16(2)13-17(20)3/h5-13,21-22,26H,4,14-15H2,1-3H3,(H,25,29). The normalized spacial score (nSPS) is 20.0. The SMILES string of the molecule is CCOc1ccc(C2CC3C(=O)N(CC(=O)Nc4ccc(C)cc4C)C=CN3N2)cc1. The Morgan fingerprint density at radius 2 is 1.94 bits per heavy atom. The summed E-state index contributed by atoms with van der Waals surface area (Å²) < 4.78 is 5.50. The third-order valence-corrected chi connectivity index (χ3v) is 5.64. The maximum atomic E-state index is 13.0. The van der Waals surface area contributed by atoms with Gasteiger partial charge in [0.1, 0.15) is 18.3 Å². The van der Waals surface area contributed by atoms with Crippen molar-refractivity contribution >= 4 is 17.5 Å². The number of amides is 2. The van der Waals surface area contributed by atoms with Gasteiger partial charge >= 0.3 is 0 Å². The molecule has 2 aromatic rings. The van der Waals surface area contributed by atoms with Crippen molar-refractivity contribution in [1.29, 1.82) is 0 Å². The van der Waals surface area contributed by atoms with Gasteiger partial charge in [0, 0.05) is 18.1 Å². The quantitative estimate of drug-likeness (QED) is 0.750. The van der Waals surface area contributed by atoms with Gasteiger partial charge in [-0.1, -0.05) is 29.8 Å². The molecular formula is C24H28N4O3. The number of rotatable bonds is 6. The number of fused-ring (bicyclic) bond motifs is 1. The highest BCUT2D eigenvalue weighted by Crippen LogP contribution is 2.31. The van der Waals surface area contributed by atoms with Gasteiger partial charge in [-0.3, -0.25) is 9.59 Å². The molecule has 0 aliphatic carbocycles. The Hall–Kier alpha value is -3.32. The summed E-state index contributed by atoms with van der Waals surface area (Å²) in [5.74, 6) is 0.533. The fourth-order valence-corrected chi connectivity index (χ4v) is 4.05. The lowest BCUT2D eigenvalue weighted by Crippen LogP contribution is -2.49. The number of nitrogens with one attached hydrogen (secondary N) is 2. The van der Waals surface area contributed by atoms with E-state index in [1.807, 2.05) is 74.4 Å². The van der Waals surface area contributed by atoms with E-state index in [4.69, 9.17) is 4.74 Å². The largest absolute Gasteiger partial charge is 0.494 e. The molecule has 2 aliphatic rings. The molecule has 1 saturated heterocycles. The van der Waals surface area contributed by atoms with Crippen LogP contribution in [0.4, 0.5) is 5.69 Å². The monoisotopic (exact) mass is 420 g/mol. The average molecular weight is 421 g/mol. The molecule has 2 unspecified atom stereocenters. The van der Waals surface area contributed by atoms with Crippen molar-refractivity contribution in [3.8, 4) is 5.75 Å². The molecule has 1 fully saturated rings. The second kappa shape index (κ2) is 8.81. The lowest BCUT2D eigenvalue weighted by atomic mass is 10.0. The van der Waals surface area contributed by atoms with Gasteiger partial charge in [-0.25, -0.2) is 5.43 Å². The molecular weight excluding hydrogens is 392 g/mol. The van der Waals surface area contributed by atoms with Crippen LogP contribution < -0.4 is 15.5 Å². The zero-order valence-corrected chi connectivity index (χ0v) is 18.1. The molecule has 2 amide bonds. The summed E-state index contributed by atoms with van der Waals surface area (Å²) in [4.78, 5) is 27.1. The van der Waals surface area contributed by atoms with Crippen LogP contribution in [0.25, 0.3) is 0 Å². The van der Waals surface area contributed by atoms with Crippen LogP contribution in [-0.2, 0) is 9.59 Å². The predicted molar refractivity (Wildman–Crippen MR) is 119 cm³/mol. The van der Waals surface area contributed by atoms with Crippen LogP contribution in [0, 0.1) is 13.8 Å². The third kappa shape index (κ3) is 4.56. The average Bonchev–Trinajstić information content (AvgIpc) is 3.18. The number of benzene rings is 2. The molecule has 0 radical (unpaired) electrons. The third-order valence-electron chi connectivity index (χ3n) is 5.64. The first-order valence-electron chi connectivity index (χ1n) is 10.6. The fraction of sp³-hybridized carbons (Fsp3) is 0.333. The smallest absolute Gasteiger partial charge is 0.251 e. The molecule has 2 N–H and O–H groups in total. The van der Waals surface area contributed by atoms with Crippen LogP contribution in [0.1, 0.15) is 36.1 Å². The van der Waals surface area contributed by atoms with E-state index in [-0.39, 0.29) is 30.4 Å². The molecule has 0 aromatic heterocycles. The minimum atomic E-state index is -0.338. The lowest BCUT2D eigenvalue weighted by Gasteiger charge is -2.31. The summed E-state index contributed by atoms with van der Waals surface area (Å²) in [6.45, 7) is 6.54. The number of hydrazine groups is 1. The van der Waals surface area contributed by atoms with Crippen molar-refractivity contribution in [2.24, 2.45) is 0 Å². The highest BCUT2D eigenvalue weighted by molar-refractivity contribution is 5.96. The first-order valence-corrected chi connectivity index (χ1v) is 10.6. The van der Waals surface area contributed by atoms with Crippen LogP contribution in [-0.4, -0.2) is 40.9 Å². The van der Waals surface area contributed by atoms with E-state index >= 15 is 0 Å². The fourth-order valence-electron chi connectivity index (χ4n) is 4.05. The van der Waals surface area contributed by atoms with Gasteiger partial charge in [0.2, 0.25) is 5.91 Å². The zero-order valence-electron chi connectivity index (χ0n) is 18.1. The Labute approximate surface area is 182 Å². The van der Waals surface area contributed by atoms with Crippen LogP contribution in [0.3, 0.4) is 0 Å². The second-order valence-electron chi connectivity index (χ2n) is 7.97. The number of anilines is 1. The van der Waals surface area contributed by atoms with Gasteiger partial charge in [0.25, 0.3) is 5.91 Å². The van der Waals surface area contributed by atoms with E-state index in [0.29, 0.717) is 13.0 Å². The number of carbonyl (C=O) groups excluding carboxylic acids is 2. The first kappa shape index (κ1) is 20.9. The number of ether oxygens (including phenoxy) is 1. The van der Waals surface area contributed by atoms with Crippen LogP contribution in [0.15, 0.2) is 54.9 Å². The number of aryl methyl sites for hydroxylation is 2. The molecule has 0 bridgehead atoms. The van der Waals surface area contributed by atoms with Gasteiger partial charge in [-0.15, -0.1) is 0 Å². The Balaban J connectivity index is 1.38. The van der Waals surface area contributed by atoms with Crippen molar-refractivity contribution in [3.05, 3.63) is 71.6 Å². The number of hydrogen-bond donors (Lipinski definition) is 2. The second-order valence-corrected chi connectivity index (χ2v) is 7.97. The molecule has 31 heavy (non-hydrogen) atoms. The predicted octanol–water partition coefficient (Wildman–Crippen LogP) is 3.27. The van der Waals surface area contributed by atoms with Crippen molar-refractivity contribution in [2.75, 3.05) is 18.5 Å². The van der Waals surface area contributed by atoms with E-state index in [1.165, 1.54) is 4.90 Å². The Kier molecular flexibility index (Phi) is 5.95. The van der Waals surface area contributed by atoms with E-state index in [1.54, 1.807) is 6.20 Å². The molecule has 2 heterocycles. The summed E-state index contributed by atoms with van der Waals surface area (Å²) in [6.07, 6.45) is 4.12. The van der Waals surface area contributed by atoms with Gasteiger partial charge in [0.05, 0.1) is 12.6 Å². The minimum Gasteiger partial charge on any atom is -0.494 e. The zero-order chi connectivity index (χ0) is 22.0. The van der Waals surface area contributed by atoms with Gasteiger partial charge < -0.3 is 20.0 Å². The number of carbonyl (C=O) groups is 2. The molecule has 7 heteroatoms. The maximum Gasteiger partial charge on any atom is 0.251 e. The maximum absolute atomic E-state index is 13.0. The van der Waals surface area contributed by atoms with E-state index in [9.17, 15) is 9.59 Å². The summed E-state index contributed by atoms with van der Waals surface area (Å²) in [6, 6.07) is 13.5. The van der Waals surface area contributed by atoms with Crippen LogP contribution in [0.2, 0.25) is 0 Å². The van der Waals surface area contributed by atoms with Crippen LogP contribution >= 0.6 is 0 Å². The Bertz CT molecular complexity index is 1000. The van der Waals surface area contributed by atoms with E-state index < -0.39 is 0 Å². The van der Waals surface area contributed by atoms with Crippen LogP contribution in [0.5, 0.6) is 5.75 Å². The van der Waals surface area contributed by atoms with Crippen molar-refractivity contribution in [2.45, 2.75) is 39.3 Å². The Morgan fingerprint density at radius 3 is 2.65 bits per heavy atom. The van der Waals surface area contributed by atoms with Crippen molar-refractivity contribution in [3.63, 3.8) is 0 Å². The van der Waals surface area contributed by atoms with E-state index in [2.05, 4.69) is 10.7 Å². The summed E-state index contributed by atoms with van der Waals surface area (Å²) >= 11 is 0. The summed E-state index contributed by atoms with van der Waals surface area (Å²) in [5.41, 5.74) is 7.38. The molecule has 2 aliphatic heterocycles. The van der Waals surface area contributed by atoms with Gasteiger partial charge in [-0.2, -0.15) is 0 Å². The topological polar surface area (TPSA) is 73.9 Å². The number of nitrogens with zero attached hydrogens (tertiary/aromatic N) is 2. The number of hydrogen-bond acceptors (Lipinski definition) is 5.